The van der Waals surface area contributed by atoms with Gasteiger partial charge in [-0.3, -0.25) is 10.2 Å². The summed E-state index contributed by atoms with van der Waals surface area (Å²) >= 11 is 0. The number of nitrogens with one attached hydrogen (secondary N) is 2. The molecule has 39 heavy (non-hydrogen) atoms. The van der Waals surface area contributed by atoms with E-state index in [1.165, 1.54) is 0 Å². The average Bonchev–Trinajstić information content (AvgIpc) is 3.20. The summed E-state index contributed by atoms with van der Waals surface area (Å²) in [6.45, 7) is 12.0. The van der Waals surface area contributed by atoms with Crippen molar-refractivity contribution in [1.82, 2.24) is 4.90 Å². The lowest BCUT2D eigenvalue weighted by molar-refractivity contribution is 0.0903. The number of Topliss-reactive ketones (excluding diaryl/α,β-unsaturated/α-hetero) is 1. The van der Waals surface area contributed by atoms with Crippen LogP contribution in [0.25, 0.3) is 0 Å². The first kappa shape index (κ1) is 28.7. The largest absolute Gasteiger partial charge is 0.494 e. The summed E-state index contributed by atoms with van der Waals surface area (Å²) in [5.74, 6) is 0.215. The van der Waals surface area contributed by atoms with Crippen LogP contribution >= 0.6 is 0 Å². The molecule has 2 aromatic carbocycles. The van der Waals surface area contributed by atoms with Gasteiger partial charge in [-0.1, -0.05) is 20.8 Å². The third-order valence-corrected chi connectivity index (χ3v) is 7.11. The van der Waals surface area contributed by atoms with Gasteiger partial charge in [0.15, 0.2) is 23.1 Å². The molecular formula is C30H40FN3O5. The number of carbonyl (C=O) groups is 1. The highest BCUT2D eigenvalue weighted by atomic mass is 19.1. The van der Waals surface area contributed by atoms with Crippen molar-refractivity contribution in [3.63, 3.8) is 0 Å². The monoisotopic (exact) mass is 541 g/mol. The van der Waals surface area contributed by atoms with Gasteiger partial charge in [0.05, 0.1) is 38.1 Å². The van der Waals surface area contributed by atoms with Crippen LogP contribution in [0.1, 0.15) is 74.5 Å². The Morgan fingerprint density at radius 3 is 2.44 bits per heavy atom. The molecule has 0 atom stereocenters. The maximum absolute atomic E-state index is 15.5. The summed E-state index contributed by atoms with van der Waals surface area (Å²) in [6, 6.07) is 5.64. The van der Waals surface area contributed by atoms with Crippen molar-refractivity contribution < 1.29 is 28.1 Å². The van der Waals surface area contributed by atoms with Gasteiger partial charge in [-0.05, 0) is 55.9 Å². The number of anilines is 1. The number of hydrogen-bond acceptors (Lipinski definition) is 7. The normalized spacial score (nSPS) is 15.8. The van der Waals surface area contributed by atoms with Crippen LogP contribution in [0.15, 0.2) is 18.2 Å². The Morgan fingerprint density at radius 1 is 1.13 bits per heavy atom. The van der Waals surface area contributed by atoms with Crippen molar-refractivity contribution in [2.75, 3.05) is 45.4 Å². The minimum Gasteiger partial charge on any atom is -0.494 e. The summed E-state index contributed by atoms with van der Waals surface area (Å²) < 4.78 is 37.9. The summed E-state index contributed by atoms with van der Waals surface area (Å²) in [4.78, 5) is 15.3. The van der Waals surface area contributed by atoms with Crippen LogP contribution in [0, 0.1) is 11.2 Å². The Labute approximate surface area is 230 Å². The van der Waals surface area contributed by atoms with Crippen LogP contribution < -0.4 is 19.5 Å². The molecule has 2 aliphatic heterocycles. The van der Waals surface area contributed by atoms with Gasteiger partial charge >= 0.3 is 0 Å². The number of amidine groups is 1. The zero-order chi connectivity index (χ0) is 28.3. The van der Waals surface area contributed by atoms with Gasteiger partial charge < -0.3 is 29.2 Å². The second-order valence-electron chi connectivity index (χ2n) is 10.9. The Kier molecular flexibility index (Phi) is 8.69. The van der Waals surface area contributed by atoms with E-state index in [1.54, 1.807) is 25.0 Å². The topological polar surface area (TPSA) is 93.1 Å². The minimum atomic E-state index is -0.625. The zero-order valence-electron chi connectivity index (χ0n) is 23.8. The second kappa shape index (κ2) is 11.8. The molecule has 0 radical (unpaired) electrons. The molecule has 2 N–H and O–H groups in total. The molecule has 0 spiro atoms. The lowest BCUT2D eigenvalue weighted by Crippen LogP contribution is -2.31. The van der Waals surface area contributed by atoms with E-state index in [1.807, 2.05) is 19.1 Å². The summed E-state index contributed by atoms with van der Waals surface area (Å²) in [6.07, 6.45) is 1.74. The van der Waals surface area contributed by atoms with Gasteiger partial charge in [-0.25, -0.2) is 4.39 Å². The predicted molar refractivity (Wildman–Crippen MR) is 149 cm³/mol. The third-order valence-electron chi connectivity index (χ3n) is 7.11. The smallest absolute Gasteiger partial charge is 0.197 e. The molecule has 8 nitrogen and oxygen atoms in total. The number of ether oxygens (including phenoxy) is 4. The number of nitrogens with zero attached hydrogens (tertiary/aromatic N) is 1. The minimum absolute atomic E-state index is 0.00447. The number of fused-ring (bicyclic) bond motifs is 1. The molecule has 1 fully saturated rings. The second-order valence-corrected chi connectivity index (χ2v) is 10.9. The lowest BCUT2D eigenvalue weighted by atomic mass is 9.84. The lowest BCUT2D eigenvalue weighted by Gasteiger charge is -2.29. The summed E-state index contributed by atoms with van der Waals surface area (Å²) in [5, 5.41) is 12.3. The molecule has 4 rings (SSSR count). The molecule has 212 valence electrons. The van der Waals surface area contributed by atoms with Crippen LogP contribution in [0.5, 0.6) is 17.2 Å². The van der Waals surface area contributed by atoms with E-state index in [0.717, 1.165) is 29.8 Å². The van der Waals surface area contributed by atoms with E-state index in [-0.39, 0.29) is 54.1 Å². The predicted octanol–water partition coefficient (Wildman–Crippen LogP) is 5.54. The van der Waals surface area contributed by atoms with E-state index in [2.05, 4.69) is 26.1 Å². The van der Waals surface area contributed by atoms with E-state index in [4.69, 9.17) is 24.4 Å². The number of benzene rings is 2. The Bertz CT molecular complexity index is 1230. The van der Waals surface area contributed by atoms with Gasteiger partial charge in [-0.15, -0.1) is 0 Å². The number of methoxy groups -OCH3 is 1. The van der Waals surface area contributed by atoms with Gasteiger partial charge in [-0.2, -0.15) is 0 Å². The molecular weight excluding hydrogens is 501 g/mol. The Morgan fingerprint density at radius 2 is 1.82 bits per heavy atom. The molecule has 2 aliphatic rings. The third kappa shape index (κ3) is 5.98. The summed E-state index contributed by atoms with van der Waals surface area (Å²) in [5.41, 5.74) is 2.68. The van der Waals surface area contributed by atoms with E-state index < -0.39 is 5.82 Å². The van der Waals surface area contributed by atoms with Crippen LogP contribution in [-0.4, -0.2) is 62.6 Å². The Hall–Kier alpha value is -3.33. The standard InChI is InChI=1S/C30H40FN3O5/c1-7-38-24-15-19-16-34(29(32)25(19)26(31)28(24)39-8-2)17-23(35)18-13-21(30(3,4)5)27(36-6)22(14-18)33-20-9-11-37-12-10-20/h13-15,20,32-33H,7-12,16-17H2,1-6H3. The first-order valence-corrected chi connectivity index (χ1v) is 13.6. The highest BCUT2D eigenvalue weighted by Gasteiger charge is 2.34. The highest BCUT2D eigenvalue weighted by molar-refractivity contribution is 6.06. The maximum Gasteiger partial charge on any atom is 0.197 e. The van der Waals surface area contributed by atoms with Gasteiger partial charge in [0, 0.05) is 36.9 Å². The maximum atomic E-state index is 15.5. The van der Waals surface area contributed by atoms with Crippen molar-refractivity contribution in [1.29, 1.82) is 5.41 Å². The molecule has 0 aliphatic carbocycles. The molecule has 0 bridgehead atoms. The van der Waals surface area contributed by atoms with Crippen molar-refractivity contribution in [3.8, 4) is 17.2 Å². The molecule has 0 unspecified atom stereocenters. The van der Waals surface area contributed by atoms with Gasteiger partial charge in [0.25, 0.3) is 0 Å². The zero-order valence-corrected chi connectivity index (χ0v) is 23.8. The molecule has 2 heterocycles. The number of halogens is 1. The molecule has 9 heteroatoms. The van der Waals surface area contributed by atoms with Crippen molar-refractivity contribution in [2.45, 2.75) is 65.5 Å². The van der Waals surface area contributed by atoms with Gasteiger partial charge in [0.2, 0.25) is 0 Å². The van der Waals surface area contributed by atoms with Crippen LogP contribution in [0.2, 0.25) is 0 Å². The number of ketones is 1. The van der Waals surface area contributed by atoms with Crippen LogP contribution in [0.3, 0.4) is 0 Å². The molecule has 1 saturated heterocycles. The number of rotatable bonds is 10. The Balaban J connectivity index is 1.64. The fourth-order valence-electron chi connectivity index (χ4n) is 5.16. The van der Waals surface area contributed by atoms with Crippen molar-refractivity contribution in [2.24, 2.45) is 0 Å². The van der Waals surface area contributed by atoms with E-state index >= 15 is 4.39 Å². The van der Waals surface area contributed by atoms with Gasteiger partial charge in [0.1, 0.15) is 11.6 Å². The van der Waals surface area contributed by atoms with Crippen LogP contribution in [-0.2, 0) is 16.7 Å². The molecule has 2 aromatic rings. The first-order valence-electron chi connectivity index (χ1n) is 13.6. The molecule has 0 saturated carbocycles. The van der Waals surface area contributed by atoms with E-state index in [0.29, 0.717) is 36.7 Å². The van der Waals surface area contributed by atoms with E-state index in [9.17, 15) is 4.79 Å². The first-order chi connectivity index (χ1) is 18.6. The average molecular weight is 542 g/mol. The summed E-state index contributed by atoms with van der Waals surface area (Å²) in [7, 11) is 1.64. The SMILES string of the molecule is CCOc1cc2c(c(F)c1OCC)C(=N)N(CC(=O)c1cc(NC3CCOCC3)c(OC)c(C(C)(C)C)c1)C2. The fourth-order valence-corrected chi connectivity index (χ4v) is 5.16. The van der Waals surface area contributed by atoms with Crippen molar-refractivity contribution >= 4 is 17.3 Å². The fraction of sp³-hybridized carbons (Fsp3) is 0.533. The molecule has 0 amide bonds. The molecule has 0 aromatic heterocycles. The van der Waals surface area contributed by atoms with Crippen LogP contribution in [0.4, 0.5) is 10.1 Å². The van der Waals surface area contributed by atoms with Crippen molar-refractivity contribution in [3.05, 3.63) is 46.3 Å². The quantitative estimate of drug-likeness (QED) is 0.381. The number of carbonyl (C=O) groups excluding carboxylic acids is 1. The number of hydrogen-bond donors (Lipinski definition) is 2. The highest BCUT2D eigenvalue weighted by Crippen LogP contribution is 2.41.